The molecule has 0 aliphatic carbocycles. The molecular formula is C26H20F3N5O. The number of nitrogens with two attached hydrogens (primary N) is 1. The van der Waals surface area contributed by atoms with Crippen LogP contribution >= 0.6 is 0 Å². The number of alkyl halides is 3. The first-order chi connectivity index (χ1) is 16.8. The number of nitrogens with one attached hydrogen (secondary N) is 1. The van der Waals surface area contributed by atoms with Crippen molar-refractivity contribution in [2.75, 3.05) is 5.32 Å². The summed E-state index contributed by atoms with van der Waals surface area (Å²) in [4.78, 5) is 13.0. The van der Waals surface area contributed by atoms with E-state index in [9.17, 15) is 18.0 Å². The Labute approximate surface area is 199 Å². The molecule has 9 heteroatoms. The van der Waals surface area contributed by atoms with E-state index >= 15 is 0 Å². The van der Waals surface area contributed by atoms with Gasteiger partial charge in [0.15, 0.2) is 5.69 Å². The Kier molecular flexibility index (Phi) is 6.66. The van der Waals surface area contributed by atoms with Gasteiger partial charge in [0.05, 0.1) is 17.3 Å². The van der Waals surface area contributed by atoms with Gasteiger partial charge in [-0.1, -0.05) is 36.4 Å². The number of anilines is 1. The summed E-state index contributed by atoms with van der Waals surface area (Å²) in [5, 5.41) is 15.2. The van der Waals surface area contributed by atoms with Crippen molar-refractivity contribution in [3.05, 3.63) is 113 Å². The van der Waals surface area contributed by atoms with E-state index in [2.05, 4.69) is 16.5 Å². The molecule has 0 saturated heterocycles. The zero-order chi connectivity index (χ0) is 25.0. The smallest absolute Gasteiger partial charge is 0.326 e. The Morgan fingerprint density at radius 2 is 1.69 bits per heavy atom. The highest BCUT2D eigenvalue weighted by atomic mass is 19.4. The molecule has 6 nitrogen and oxygen atoms in total. The lowest BCUT2D eigenvalue weighted by molar-refractivity contribution is -0.141. The van der Waals surface area contributed by atoms with E-state index in [4.69, 9.17) is 11.0 Å². The van der Waals surface area contributed by atoms with Crippen LogP contribution in [0.5, 0.6) is 0 Å². The van der Waals surface area contributed by atoms with Crippen molar-refractivity contribution in [3.63, 3.8) is 0 Å². The summed E-state index contributed by atoms with van der Waals surface area (Å²) in [5.74, 6) is -0.735. The molecule has 3 N–H and O–H groups in total. The van der Waals surface area contributed by atoms with Crippen LogP contribution in [0.1, 0.15) is 38.4 Å². The maximum Gasteiger partial charge on any atom is 0.435 e. The average Bonchev–Trinajstić information content (AvgIpc) is 3.31. The summed E-state index contributed by atoms with van der Waals surface area (Å²) < 4.78 is 41.2. The standard InChI is InChI=1S/C26H20F3N5O/c27-26(28,29)24-14-23(34(33-24)22-6-2-4-20(13-22)16-31)25(35)32-21-5-1-3-19(12-21)11-17-7-9-18(15-30)10-8-17/h1-10,12-14H,11,16,31H2,(H,32,35). The van der Waals surface area contributed by atoms with E-state index in [1.54, 1.807) is 54.6 Å². The fourth-order valence-electron chi connectivity index (χ4n) is 3.58. The number of aromatic nitrogens is 2. The molecular weight excluding hydrogens is 455 g/mol. The second kappa shape index (κ2) is 9.83. The fourth-order valence-corrected chi connectivity index (χ4v) is 3.58. The minimum absolute atomic E-state index is 0.189. The highest BCUT2D eigenvalue weighted by Crippen LogP contribution is 2.30. The van der Waals surface area contributed by atoms with Gasteiger partial charge in [-0.25, -0.2) is 4.68 Å². The van der Waals surface area contributed by atoms with Crippen molar-refractivity contribution in [1.82, 2.24) is 9.78 Å². The third-order valence-corrected chi connectivity index (χ3v) is 5.30. The van der Waals surface area contributed by atoms with Crippen molar-refractivity contribution in [3.8, 4) is 11.8 Å². The molecule has 0 bridgehead atoms. The molecule has 3 aromatic carbocycles. The van der Waals surface area contributed by atoms with E-state index in [0.717, 1.165) is 21.9 Å². The van der Waals surface area contributed by atoms with E-state index in [1.807, 2.05) is 18.2 Å². The van der Waals surface area contributed by atoms with Crippen LogP contribution in [0.15, 0.2) is 78.9 Å². The average molecular weight is 475 g/mol. The van der Waals surface area contributed by atoms with Gasteiger partial charge in [0.1, 0.15) is 5.69 Å². The Morgan fingerprint density at radius 1 is 0.971 bits per heavy atom. The molecule has 35 heavy (non-hydrogen) atoms. The van der Waals surface area contributed by atoms with Crippen LogP contribution in [0, 0.1) is 11.3 Å². The van der Waals surface area contributed by atoms with Gasteiger partial charge in [-0.3, -0.25) is 4.79 Å². The summed E-state index contributed by atoms with van der Waals surface area (Å²) in [7, 11) is 0. The maximum absolute atomic E-state index is 13.4. The molecule has 1 aromatic heterocycles. The van der Waals surface area contributed by atoms with Crippen molar-refractivity contribution in [1.29, 1.82) is 5.26 Å². The quantitative estimate of drug-likeness (QED) is 0.407. The molecule has 0 unspecified atom stereocenters. The largest absolute Gasteiger partial charge is 0.435 e. The van der Waals surface area contributed by atoms with Crippen molar-refractivity contribution >= 4 is 11.6 Å². The van der Waals surface area contributed by atoms with Gasteiger partial charge in [-0.05, 0) is 59.5 Å². The number of benzene rings is 3. The molecule has 0 aliphatic rings. The minimum atomic E-state index is -4.72. The summed E-state index contributed by atoms with van der Waals surface area (Å²) in [6, 6.07) is 23.5. The summed E-state index contributed by atoms with van der Waals surface area (Å²) in [6.45, 7) is 0.189. The number of nitriles is 1. The van der Waals surface area contributed by atoms with Gasteiger partial charge >= 0.3 is 6.18 Å². The van der Waals surface area contributed by atoms with E-state index in [0.29, 0.717) is 28.9 Å². The van der Waals surface area contributed by atoms with E-state index in [-0.39, 0.29) is 12.2 Å². The first-order valence-corrected chi connectivity index (χ1v) is 10.6. The van der Waals surface area contributed by atoms with Gasteiger partial charge in [-0.15, -0.1) is 0 Å². The molecule has 4 aromatic rings. The van der Waals surface area contributed by atoms with Crippen LogP contribution in [-0.2, 0) is 19.1 Å². The van der Waals surface area contributed by atoms with Crippen LogP contribution in [0.4, 0.5) is 18.9 Å². The Balaban J connectivity index is 1.61. The lowest BCUT2D eigenvalue weighted by Crippen LogP contribution is -2.17. The zero-order valence-electron chi connectivity index (χ0n) is 18.4. The lowest BCUT2D eigenvalue weighted by Gasteiger charge is -2.10. The molecule has 0 atom stereocenters. The van der Waals surface area contributed by atoms with Gasteiger partial charge in [-0.2, -0.15) is 23.5 Å². The number of hydrogen-bond donors (Lipinski definition) is 2. The van der Waals surface area contributed by atoms with Crippen molar-refractivity contribution in [2.45, 2.75) is 19.1 Å². The first-order valence-electron chi connectivity index (χ1n) is 10.6. The minimum Gasteiger partial charge on any atom is -0.326 e. The van der Waals surface area contributed by atoms with Crippen LogP contribution in [0.3, 0.4) is 0 Å². The number of halogens is 3. The predicted molar refractivity (Wildman–Crippen MR) is 125 cm³/mol. The topological polar surface area (TPSA) is 96.7 Å². The number of carbonyl (C=O) groups excluding carboxylic acids is 1. The van der Waals surface area contributed by atoms with Crippen LogP contribution in [0.2, 0.25) is 0 Å². The molecule has 176 valence electrons. The Morgan fingerprint density at radius 3 is 2.37 bits per heavy atom. The van der Waals surface area contributed by atoms with Gasteiger partial charge in [0.25, 0.3) is 5.91 Å². The summed E-state index contributed by atoms with van der Waals surface area (Å²) in [6.07, 6.45) is -4.16. The lowest BCUT2D eigenvalue weighted by atomic mass is 10.0. The molecule has 0 fully saturated rings. The molecule has 1 heterocycles. The number of rotatable bonds is 6. The molecule has 0 aliphatic heterocycles. The molecule has 0 radical (unpaired) electrons. The van der Waals surface area contributed by atoms with Gasteiger partial charge in [0.2, 0.25) is 0 Å². The van der Waals surface area contributed by atoms with Crippen LogP contribution < -0.4 is 11.1 Å². The molecule has 0 spiro atoms. The number of amides is 1. The maximum atomic E-state index is 13.4. The fraction of sp³-hybridized carbons (Fsp3) is 0.115. The number of nitrogens with zero attached hydrogens (tertiary/aromatic N) is 3. The summed E-state index contributed by atoms with van der Waals surface area (Å²) in [5.41, 5.74) is 8.04. The Hall–Kier alpha value is -4.42. The molecule has 4 rings (SSSR count). The Bertz CT molecular complexity index is 1400. The molecule has 1 amide bonds. The number of carbonyl (C=O) groups is 1. The SMILES string of the molecule is N#Cc1ccc(Cc2cccc(NC(=O)c3cc(C(F)(F)F)nn3-c3cccc(CN)c3)c2)cc1. The monoisotopic (exact) mass is 475 g/mol. The van der Waals surface area contributed by atoms with E-state index < -0.39 is 17.8 Å². The van der Waals surface area contributed by atoms with Crippen molar-refractivity contribution in [2.24, 2.45) is 5.73 Å². The van der Waals surface area contributed by atoms with Gasteiger partial charge < -0.3 is 11.1 Å². The second-order valence-electron chi connectivity index (χ2n) is 7.84. The third-order valence-electron chi connectivity index (χ3n) is 5.30. The highest BCUT2D eigenvalue weighted by molar-refractivity contribution is 6.03. The van der Waals surface area contributed by atoms with Gasteiger partial charge in [0, 0.05) is 18.3 Å². The summed E-state index contributed by atoms with van der Waals surface area (Å²) >= 11 is 0. The normalized spacial score (nSPS) is 11.2. The third kappa shape index (κ3) is 5.57. The highest BCUT2D eigenvalue weighted by Gasteiger charge is 2.36. The van der Waals surface area contributed by atoms with E-state index in [1.165, 1.54) is 0 Å². The molecule has 0 saturated carbocycles. The zero-order valence-corrected chi connectivity index (χ0v) is 18.4. The first kappa shape index (κ1) is 23.7. The number of hydrogen-bond acceptors (Lipinski definition) is 4. The van der Waals surface area contributed by atoms with Crippen LogP contribution in [0.25, 0.3) is 5.69 Å². The predicted octanol–water partition coefficient (Wildman–Crippen LogP) is 5.06. The van der Waals surface area contributed by atoms with Crippen LogP contribution in [-0.4, -0.2) is 15.7 Å². The second-order valence-corrected chi connectivity index (χ2v) is 7.84. The van der Waals surface area contributed by atoms with Crippen molar-refractivity contribution < 1.29 is 18.0 Å².